The predicted octanol–water partition coefficient (Wildman–Crippen LogP) is 4.09. The van der Waals surface area contributed by atoms with E-state index >= 15 is 0 Å². The van der Waals surface area contributed by atoms with Gasteiger partial charge in [-0.3, -0.25) is 4.79 Å². The number of aromatic nitrogens is 5. The molecule has 0 spiro atoms. The average Bonchev–Trinajstić information content (AvgIpc) is 3.35. The van der Waals surface area contributed by atoms with Gasteiger partial charge in [0.15, 0.2) is 11.0 Å². The quantitative estimate of drug-likeness (QED) is 0.600. The van der Waals surface area contributed by atoms with Crippen LogP contribution in [0.15, 0.2) is 24.7 Å². The molecule has 1 aliphatic heterocycles. The van der Waals surface area contributed by atoms with Crippen molar-refractivity contribution in [3.63, 3.8) is 0 Å². The largest absolute Gasteiger partial charge is 0.345 e. The maximum Gasteiger partial charge on any atom is 0.247 e. The number of thiazole rings is 1. The number of hydrogen-bond donors (Lipinski definition) is 2. The van der Waals surface area contributed by atoms with Crippen molar-refractivity contribution in [1.82, 2.24) is 29.8 Å². The summed E-state index contributed by atoms with van der Waals surface area (Å²) < 4.78 is 0. The van der Waals surface area contributed by atoms with E-state index in [2.05, 4.69) is 32.2 Å². The standard InChI is InChI=1S/C21H25N7OS/c1-13-10-18(27-21-25-14(2)15(3)30-21)26-20(24-13)17-6-4-5-9-28(17)19(29)8-7-16-11-22-12-23-16/h7-8,10-12,17H,4-6,9H2,1-3H3,(H,22,23)(H,24,25,26,27). The van der Waals surface area contributed by atoms with Crippen LogP contribution in [-0.2, 0) is 4.79 Å². The molecule has 156 valence electrons. The Kier molecular flexibility index (Phi) is 5.89. The van der Waals surface area contributed by atoms with Crippen molar-refractivity contribution in [1.29, 1.82) is 0 Å². The van der Waals surface area contributed by atoms with Gasteiger partial charge in [-0.25, -0.2) is 19.9 Å². The molecule has 1 aliphatic rings. The Hall–Kier alpha value is -3.07. The van der Waals surface area contributed by atoms with E-state index in [1.165, 1.54) is 4.88 Å². The number of nitrogens with zero attached hydrogens (tertiary/aromatic N) is 5. The first-order chi connectivity index (χ1) is 14.5. The molecule has 3 aromatic heterocycles. The molecule has 9 heteroatoms. The number of likely N-dealkylation sites (tertiary alicyclic amines) is 1. The molecule has 30 heavy (non-hydrogen) atoms. The van der Waals surface area contributed by atoms with Gasteiger partial charge in [0.2, 0.25) is 5.91 Å². The molecule has 0 aromatic carbocycles. The average molecular weight is 424 g/mol. The van der Waals surface area contributed by atoms with E-state index < -0.39 is 0 Å². The molecule has 0 bridgehead atoms. The summed E-state index contributed by atoms with van der Waals surface area (Å²) in [6.45, 7) is 6.69. The van der Waals surface area contributed by atoms with E-state index in [0.29, 0.717) is 18.2 Å². The van der Waals surface area contributed by atoms with Crippen molar-refractivity contribution in [2.75, 3.05) is 11.9 Å². The van der Waals surface area contributed by atoms with E-state index in [1.54, 1.807) is 36.0 Å². The summed E-state index contributed by atoms with van der Waals surface area (Å²) in [5, 5.41) is 4.11. The molecule has 0 radical (unpaired) electrons. The third-order valence-electron chi connectivity index (χ3n) is 5.14. The van der Waals surface area contributed by atoms with E-state index in [4.69, 9.17) is 4.98 Å². The van der Waals surface area contributed by atoms with Crippen molar-refractivity contribution < 1.29 is 4.79 Å². The fourth-order valence-corrected chi connectivity index (χ4v) is 4.34. The Labute approximate surface area is 179 Å². The van der Waals surface area contributed by atoms with Crippen LogP contribution in [0.3, 0.4) is 0 Å². The zero-order valence-electron chi connectivity index (χ0n) is 17.3. The van der Waals surface area contributed by atoms with E-state index in [9.17, 15) is 4.79 Å². The van der Waals surface area contributed by atoms with Crippen LogP contribution in [0.25, 0.3) is 6.08 Å². The summed E-state index contributed by atoms with van der Waals surface area (Å²) in [7, 11) is 0. The van der Waals surface area contributed by atoms with Crippen LogP contribution in [0.2, 0.25) is 0 Å². The third kappa shape index (κ3) is 4.56. The summed E-state index contributed by atoms with van der Waals surface area (Å²) in [5.41, 5.74) is 2.67. The van der Waals surface area contributed by atoms with Gasteiger partial charge in [0, 0.05) is 29.3 Å². The van der Waals surface area contributed by atoms with E-state index in [1.807, 2.05) is 24.8 Å². The lowest BCUT2D eigenvalue weighted by Gasteiger charge is -2.34. The minimum atomic E-state index is -0.141. The van der Waals surface area contributed by atoms with Crippen molar-refractivity contribution in [2.45, 2.75) is 46.1 Å². The highest BCUT2D eigenvalue weighted by molar-refractivity contribution is 7.15. The Balaban J connectivity index is 1.57. The second kappa shape index (κ2) is 8.74. The molecule has 4 rings (SSSR count). The number of hydrogen-bond acceptors (Lipinski definition) is 7. The number of anilines is 2. The highest BCUT2D eigenvalue weighted by Gasteiger charge is 2.29. The van der Waals surface area contributed by atoms with Gasteiger partial charge in [-0.1, -0.05) is 0 Å². The van der Waals surface area contributed by atoms with E-state index in [0.717, 1.165) is 41.5 Å². The first-order valence-electron chi connectivity index (χ1n) is 10.0. The smallest absolute Gasteiger partial charge is 0.247 e. The number of amides is 1. The highest BCUT2D eigenvalue weighted by atomic mass is 32.1. The van der Waals surface area contributed by atoms with Gasteiger partial charge in [-0.2, -0.15) is 0 Å². The second-order valence-electron chi connectivity index (χ2n) is 7.42. The molecule has 3 aromatic rings. The number of H-pyrrole nitrogens is 1. The first-order valence-corrected chi connectivity index (χ1v) is 10.8. The minimum absolute atomic E-state index is 0.0416. The van der Waals surface area contributed by atoms with Crippen LogP contribution in [0.4, 0.5) is 10.9 Å². The van der Waals surface area contributed by atoms with Crippen LogP contribution in [0.5, 0.6) is 0 Å². The normalized spacial score (nSPS) is 16.9. The Bertz CT molecular complexity index is 1040. The molecule has 4 heterocycles. The van der Waals surface area contributed by atoms with Gasteiger partial charge in [-0.15, -0.1) is 11.3 Å². The monoisotopic (exact) mass is 423 g/mol. The summed E-state index contributed by atoms with van der Waals surface area (Å²) >= 11 is 1.60. The van der Waals surface area contributed by atoms with Gasteiger partial charge in [0.05, 0.1) is 30.0 Å². The van der Waals surface area contributed by atoms with E-state index in [-0.39, 0.29) is 11.9 Å². The molecular formula is C21H25N7OS. The van der Waals surface area contributed by atoms with Crippen molar-refractivity contribution in [3.8, 4) is 0 Å². The lowest BCUT2D eigenvalue weighted by Crippen LogP contribution is -2.38. The van der Waals surface area contributed by atoms with Crippen LogP contribution in [0, 0.1) is 20.8 Å². The Morgan fingerprint density at radius 3 is 2.87 bits per heavy atom. The number of nitrogens with one attached hydrogen (secondary N) is 2. The molecule has 8 nitrogen and oxygen atoms in total. The van der Waals surface area contributed by atoms with Gasteiger partial charge in [0.1, 0.15) is 5.82 Å². The number of carbonyl (C=O) groups excluding carboxylic acids is 1. The zero-order valence-corrected chi connectivity index (χ0v) is 18.2. The molecular weight excluding hydrogens is 398 g/mol. The van der Waals surface area contributed by atoms with Crippen molar-refractivity contribution >= 4 is 34.3 Å². The molecule has 1 unspecified atom stereocenters. The predicted molar refractivity (Wildman–Crippen MR) is 118 cm³/mol. The van der Waals surface area contributed by atoms with Crippen LogP contribution >= 0.6 is 11.3 Å². The van der Waals surface area contributed by atoms with Gasteiger partial charge in [-0.05, 0) is 46.1 Å². The van der Waals surface area contributed by atoms with Crippen LogP contribution in [-0.4, -0.2) is 42.3 Å². The summed E-state index contributed by atoms with van der Waals surface area (Å²) in [6, 6.07) is 1.76. The molecule has 1 atom stereocenters. The number of carbonyl (C=O) groups is 1. The van der Waals surface area contributed by atoms with Gasteiger partial charge < -0.3 is 15.2 Å². The molecule has 2 N–H and O–H groups in total. The van der Waals surface area contributed by atoms with Crippen molar-refractivity contribution in [3.05, 3.63) is 52.4 Å². The minimum Gasteiger partial charge on any atom is -0.345 e. The molecule has 1 amide bonds. The number of imidazole rings is 1. The summed E-state index contributed by atoms with van der Waals surface area (Å²) in [5.74, 6) is 1.34. The van der Waals surface area contributed by atoms with Crippen LogP contribution in [0.1, 0.15) is 53.1 Å². The molecule has 0 saturated carbocycles. The fraction of sp³-hybridized carbons (Fsp3) is 0.381. The SMILES string of the molecule is Cc1cc(Nc2nc(C)c(C)s2)nc(C2CCCCN2C(=O)C=Cc2cnc[nH]2)n1. The number of rotatable bonds is 5. The Morgan fingerprint density at radius 2 is 2.13 bits per heavy atom. The Morgan fingerprint density at radius 1 is 1.27 bits per heavy atom. The third-order valence-corrected chi connectivity index (χ3v) is 6.13. The lowest BCUT2D eigenvalue weighted by molar-refractivity contribution is -0.129. The highest BCUT2D eigenvalue weighted by Crippen LogP contribution is 2.31. The van der Waals surface area contributed by atoms with Gasteiger partial charge in [0.25, 0.3) is 0 Å². The zero-order chi connectivity index (χ0) is 21.1. The molecule has 1 saturated heterocycles. The molecule has 0 aliphatic carbocycles. The summed E-state index contributed by atoms with van der Waals surface area (Å²) in [4.78, 5) is 36.8. The van der Waals surface area contributed by atoms with Crippen molar-refractivity contribution in [2.24, 2.45) is 0 Å². The second-order valence-corrected chi connectivity index (χ2v) is 8.63. The first kappa shape index (κ1) is 20.2. The maximum absolute atomic E-state index is 12.9. The number of aryl methyl sites for hydroxylation is 3. The maximum atomic E-state index is 12.9. The molecule has 1 fully saturated rings. The number of piperidine rings is 1. The fourth-order valence-electron chi connectivity index (χ4n) is 3.52. The van der Waals surface area contributed by atoms with Crippen LogP contribution < -0.4 is 5.32 Å². The topological polar surface area (TPSA) is 99.7 Å². The lowest BCUT2D eigenvalue weighted by atomic mass is 10.0. The van der Waals surface area contributed by atoms with Gasteiger partial charge >= 0.3 is 0 Å². The number of aromatic amines is 1. The summed E-state index contributed by atoms with van der Waals surface area (Å²) in [6.07, 6.45) is 9.48.